The van der Waals surface area contributed by atoms with Crippen LogP contribution in [0.4, 0.5) is 5.82 Å². The largest absolute Gasteiger partial charge is 0.354 e. The van der Waals surface area contributed by atoms with Crippen LogP contribution in [0.2, 0.25) is 0 Å². The highest BCUT2D eigenvalue weighted by Gasteiger charge is 2.44. The molecule has 126 valence electrons. The molecule has 3 aromatic rings. The van der Waals surface area contributed by atoms with Crippen molar-refractivity contribution in [3.8, 4) is 0 Å². The highest BCUT2D eigenvalue weighted by Crippen LogP contribution is 2.34. The number of carbonyl (C=O) groups is 1. The van der Waals surface area contributed by atoms with E-state index in [1.807, 2.05) is 53.7 Å². The third-order valence-electron chi connectivity index (χ3n) is 5.44. The highest BCUT2D eigenvalue weighted by atomic mass is 16.2. The average molecular weight is 333 g/mol. The fourth-order valence-corrected chi connectivity index (χ4v) is 4.20. The molecule has 0 aromatic carbocycles. The van der Waals surface area contributed by atoms with Crippen molar-refractivity contribution < 1.29 is 4.79 Å². The molecule has 6 nitrogen and oxygen atoms in total. The molecule has 2 aliphatic heterocycles. The van der Waals surface area contributed by atoms with Gasteiger partial charge in [-0.05, 0) is 30.7 Å². The smallest absolute Gasteiger partial charge is 0.258 e. The van der Waals surface area contributed by atoms with Crippen LogP contribution in [0.25, 0.3) is 5.52 Å². The minimum absolute atomic E-state index is 0.0940. The lowest BCUT2D eigenvalue weighted by molar-refractivity contribution is 0.0740. The second-order valence-electron chi connectivity index (χ2n) is 6.80. The Hall–Kier alpha value is -2.89. The molecule has 3 aromatic heterocycles. The summed E-state index contributed by atoms with van der Waals surface area (Å²) in [5.41, 5.74) is 1.56. The predicted molar refractivity (Wildman–Crippen MR) is 94.6 cm³/mol. The number of carbonyl (C=O) groups excluding carboxylic acids is 1. The lowest BCUT2D eigenvalue weighted by atomic mass is 10.0. The molecule has 5 rings (SSSR count). The Kier molecular flexibility index (Phi) is 3.23. The van der Waals surface area contributed by atoms with Gasteiger partial charge in [-0.15, -0.1) is 0 Å². The number of anilines is 1. The van der Waals surface area contributed by atoms with Crippen LogP contribution in [0.15, 0.2) is 55.0 Å². The molecule has 2 unspecified atom stereocenters. The number of nitrogens with zero attached hydrogens (tertiary/aromatic N) is 5. The van der Waals surface area contributed by atoms with Crippen molar-refractivity contribution in [3.63, 3.8) is 0 Å². The van der Waals surface area contributed by atoms with E-state index in [0.29, 0.717) is 11.5 Å². The molecule has 0 N–H and O–H groups in total. The molecule has 2 aliphatic rings. The topological polar surface area (TPSA) is 53.7 Å². The summed E-state index contributed by atoms with van der Waals surface area (Å²) in [6, 6.07) is 12.1. The third-order valence-corrected chi connectivity index (χ3v) is 5.44. The summed E-state index contributed by atoms with van der Waals surface area (Å²) in [5, 5.41) is 4.31. The van der Waals surface area contributed by atoms with Crippen LogP contribution in [0.5, 0.6) is 0 Å². The number of likely N-dealkylation sites (tertiary alicyclic amines) is 1. The number of pyridine rings is 2. The molecule has 0 radical (unpaired) electrons. The first-order valence-corrected chi connectivity index (χ1v) is 8.70. The second-order valence-corrected chi connectivity index (χ2v) is 6.80. The standard InChI is InChI=1S/C19H19N5O/c25-19(15-11-21-24-9-4-2-5-16(15)24)23-10-7-14-12-22(13-17(14)23)18-6-1-3-8-20-18/h1-6,8-9,11,14,17H,7,10,12-13H2. The summed E-state index contributed by atoms with van der Waals surface area (Å²) < 4.78 is 1.76. The third kappa shape index (κ3) is 2.28. The highest BCUT2D eigenvalue weighted by molar-refractivity contribution is 6.01. The number of aromatic nitrogens is 3. The molecule has 2 fully saturated rings. The molecule has 0 aliphatic carbocycles. The summed E-state index contributed by atoms with van der Waals surface area (Å²) >= 11 is 0. The monoisotopic (exact) mass is 333 g/mol. The van der Waals surface area contributed by atoms with E-state index in [1.54, 1.807) is 10.7 Å². The molecule has 5 heterocycles. The van der Waals surface area contributed by atoms with Gasteiger partial charge in [0.05, 0.1) is 23.3 Å². The van der Waals surface area contributed by atoms with E-state index in [2.05, 4.69) is 15.0 Å². The van der Waals surface area contributed by atoms with Gasteiger partial charge >= 0.3 is 0 Å². The van der Waals surface area contributed by atoms with Gasteiger partial charge in [-0.3, -0.25) is 4.79 Å². The molecule has 0 saturated carbocycles. The molecule has 25 heavy (non-hydrogen) atoms. The van der Waals surface area contributed by atoms with E-state index in [1.165, 1.54) is 0 Å². The molecule has 1 amide bonds. The van der Waals surface area contributed by atoms with Crippen LogP contribution < -0.4 is 4.90 Å². The number of rotatable bonds is 2. The lowest BCUT2D eigenvalue weighted by Crippen LogP contribution is -2.39. The van der Waals surface area contributed by atoms with E-state index in [9.17, 15) is 4.79 Å². The van der Waals surface area contributed by atoms with Crippen molar-refractivity contribution in [3.05, 3.63) is 60.6 Å². The summed E-state index contributed by atoms with van der Waals surface area (Å²) in [6.07, 6.45) is 6.44. The quantitative estimate of drug-likeness (QED) is 0.720. The van der Waals surface area contributed by atoms with Crippen molar-refractivity contribution in [1.82, 2.24) is 19.5 Å². The summed E-state index contributed by atoms with van der Waals surface area (Å²) in [7, 11) is 0. The minimum atomic E-state index is 0.0940. The van der Waals surface area contributed by atoms with E-state index >= 15 is 0 Å². The SMILES string of the molecule is O=C(c1cnn2ccccc12)N1CCC2CN(c3ccccn3)CC21. The Morgan fingerprint density at radius 1 is 1.12 bits per heavy atom. The molecule has 6 heteroatoms. The normalized spacial score (nSPS) is 22.6. The average Bonchev–Trinajstić information content (AvgIpc) is 3.35. The first kappa shape index (κ1) is 14.5. The summed E-state index contributed by atoms with van der Waals surface area (Å²) in [6.45, 7) is 2.65. The van der Waals surface area contributed by atoms with Gasteiger partial charge in [-0.2, -0.15) is 5.10 Å². The fraction of sp³-hybridized carbons (Fsp3) is 0.316. The van der Waals surface area contributed by atoms with E-state index in [0.717, 1.165) is 37.4 Å². The van der Waals surface area contributed by atoms with Crippen molar-refractivity contribution in [2.45, 2.75) is 12.5 Å². The van der Waals surface area contributed by atoms with Gasteiger partial charge in [-0.25, -0.2) is 9.50 Å². The van der Waals surface area contributed by atoms with Gasteiger partial charge in [-0.1, -0.05) is 12.1 Å². The van der Waals surface area contributed by atoms with E-state index in [-0.39, 0.29) is 11.9 Å². The minimum Gasteiger partial charge on any atom is -0.354 e. The summed E-state index contributed by atoms with van der Waals surface area (Å²) in [5.74, 6) is 1.62. The van der Waals surface area contributed by atoms with Crippen molar-refractivity contribution >= 4 is 17.2 Å². The van der Waals surface area contributed by atoms with Crippen LogP contribution in [0, 0.1) is 5.92 Å². The number of amides is 1. The fourth-order valence-electron chi connectivity index (χ4n) is 4.20. The van der Waals surface area contributed by atoms with E-state index < -0.39 is 0 Å². The van der Waals surface area contributed by atoms with Gasteiger partial charge in [0.25, 0.3) is 5.91 Å². The zero-order valence-electron chi connectivity index (χ0n) is 13.8. The Morgan fingerprint density at radius 2 is 2.04 bits per heavy atom. The molecular weight excluding hydrogens is 314 g/mol. The van der Waals surface area contributed by atoms with Crippen LogP contribution in [-0.4, -0.2) is 51.1 Å². The first-order valence-electron chi connectivity index (χ1n) is 8.70. The maximum absolute atomic E-state index is 13.1. The first-order chi connectivity index (χ1) is 12.3. The van der Waals surface area contributed by atoms with Crippen LogP contribution in [0.3, 0.4) is 0 Å². The molecule has 2 saturated heterocycles. The molecule has 2 atom stereocenters. The van der Waals surface area contributed by atoms with Gasteiger partial charge < -0.3 is 9.80 Å². The Labute approximate surface area is 145 Å². The van der Waals surface area contributed by atoms with Gasteiger partial charge in [0.2, 0.25) is 0 Å². The van der Waals surface area contributed by atoms with Crippen molar-refractivity contribution in [2.24, 2.45) is 5.92 Å². The lowest BCUT2D eigenvalue weighted by Gasteiger charge is -2.25. The molecule has 0 spiro atoms. The second kappa shape index (κ2) is 5.58. The Morgan fingerprint density at radius 3 is 2.92 bits per heavy atom. The number of hydrogen-bond acceptors (Lipinski definition) is 4. The van der Waals surface area contributed by atoms with Gasteiger partial charge in [0, 0.05) is 37.9 Å². The zero-order chi connectivity index (χ0) is 16.8. The van der Waals surface area contributed by atoms with Crippen LogP contribution in [-0.2, 0) is 0 Å². The molecular formula is C19H19N5O. The molecule has 0 bridgehead atoms. The summed E-state index contributed by atoms with van der Waals surface area (Å²) in [4.78, 5) is 21.9. The Bertz CT molecular complexity index is 922. The van der Waals surface area contributed by atoms with Crippen molar-refractivity contribution in [2.75, 3.05) is 24.5 Å². The zero-order valence-corrected chi connectivity index (χ0v) is 13.8. The maximum atomic E-state index is 13.1. The Balaban J connectivity index is 1.41. The van der Waals surface area contributed by atoms with E-state index in [4.69, 9.17) is 0 Å². The van der Waals surface area contributed by atoms with Crippen LogP contribution in [0.1, 0.15) is 16.8 Å². The maximum Gasteiger partial charge on any atom is 0.258 e. The van der Waals surface area contributed by atoms with Gasteiger partial charge in [0.15, 0.2) is 0 Å². The number of hydrogen-bond donors (Lipinski definition) is 0. The predicted octanol–water partition coefficient (Wildman–Crippen LogP) is 2.08. The van der Waals surface area contributed by atoms with Gasteiger partial charge in [0.1, 0.15) is 5.82 Å². The van der Waals surface area contributed by atoms with Crippen LogP contribution >= 0.6 is 0 Å². The van der Waals surface area contributed by atoms with Crippen molar-refractivity contribution in [1.29, 1.82) is 0 Å². The number of fused-ring (bicyclic) bond motifs is 2.